The molecule has 1 aliphatic heterocycles. The summed E-state index contributed by atoms with van der Waals surface area (Å²) in [5.41, 5.74) is 0. The maximum absolute atomic E-state index is 12.7. The molecule has 0 spiro atoms. The van der Waals surface area contributed by atoms with E-state index in [9.17, 15) is 13.2 Å². The molecule has 0 radical (unpaired) electrons. The van der Waals surface area contributed by atoms with Crippen LogP contribution in [0.2, 0.25) is 0 Å². The Hall–Kier alpha value is -1.40. The highest BCUT2D eigenvalue weighted by Gasteiger charge is 2.41. The van der Waals surface area contributed by atoms with E-state index in [1.54, 1.807) is 24.3 Å². The number of nitrogens with one attached hydrogen (secondary N) is 1. The molecule has 2 saturated carbocycles. The first-order valence-electron chi connectivity index (χ1n) is 9.39. The molecule has 3 fully saturated rings. The minimum absolute atomic E-state index is 0.0543. The van der Waals surface area contributed by atoms with E-state index in [-0.39, 0.29) is 11.8 Å². The summed E-state index contributed by atoms with van der Waals surface area (Å²) in [6.45, 7) is 0.845. The molecular formula is C19H26N2O3S. The van der Waals surface area contributed by atoms with Crippen molar-refractivity contribution >= 4 is 15.9 Å². The van der Waals surface area contributed by atoms with E-state index < -0.39 is 10.0 Å². The van der Waals surface area contributed by atoms with Gasteiger partial charge in [-0.25, -0.2) is 8.42 Å². The summed E-state index contributed by atoms with van der Waals surface area (Å²) in [6.07, 6.45) is 6.21. The molecule has 0 aromatic heterocycles. The third-order valence-electron chi connectivity index (χ3n) is 6.27. The van der Waals surface area contributed by atoms with Gasteiger partial charge in [-0.1, -0.05) is 24.6 Å². The lowest BCUT2D eigenvalue weighted by molar-refractivity contribution is -0.127. The molecule has 3 atom stereocenters. The standard InChI is InChI=1S/C19H26N2O3S/c22-19(20-18-13-14-6-7-16(18)12-14)15-8-10-21(11-9-15)25(23,24)17-4-2-1-3-5-17/h1-5,14-16,18H,6-13H2,(H,20,22). The number of carbonyl (C=O) groups excluding carboxylic acids is 1. The first kappa shape index (κ1) is 17.0. The number of benzene rings is 1. The predicted octanol–water partition coefficient (Wildman–Crippen LogP) is 2.39. The van der Waals surface area contributed by atoms with Crippen LogP contribution in [0, 0.1) is 17.8 Å². The van der Waals surface area contributed by atoms with Crippen LogP contribution in [0.15, 0.2) is 35.2 Å². The minimum Gasteiger partial charge on any atom is -0.353 e. The van der Waals surface area contributed by atoms with Gasteiger partial charge in [0, 0.05) is 25.0 Å². The fraction of sp³-hybridized carbons (Fsp3) is 0.632. The number of carbonyl (C=O) groups is 1. The first-order valence-corrected chi connectivity index (χ1v) is 10.8. The number of hydrogen-bond donors (Lipinski definition) is 1. The molecule has 1 amide bonds. The summed E-state index contributed by atoms with van der Waals surface area (Å²) < 4.78 is 26.8. The van der Waals surface area contributed by atoms with Crippen LogP contribution in [0.4, 0.5) is 0 Å². The fourth-order valence-corrected chi connectivity index (χ4v) is 6.31. The first-order chi connectivity index (χ1) is 12.0. The van der Waals surface area contributed by atoms with Crippen molar-refractivity contribution in [2.75, 3.05) is 13.1 Å². The lowest BCUT2D eigenvalue weighted by atomic mass is 9.93. The summed E-state index contributed by atoms with van der Waals surface area (Å²) in [6, 6.07) is 8.90. The van der Waals surface area contributed by atoms with E-state index in [0.29, 0.717) is 42.8 Å². The van der Waals surface area contributed by atoms with Crippen molar-refractivity contribution in [3.8, 4) is 0 Å². The Bertz CT molecular complexity index is 726. The van der Waals surface area contributed by atoms with Crippen LogP contribution >= 0.6 is 0 Å². The Morgan fingerprint density at radius 1 is 1.00 bits per heavy atom. The zero-order valence-electron chi connectivity index (χ0n) is 14.4. The minimum atomic E-state index is -3.44. The second kappa shape index (κ2) is 6.72. The van der Waals surface area contributed by atoms with Gasteiger partial charge in [-0.2, -0.15) is 4.31 Å². The smallest absolute Gasteiger partial charge is 0.243 e. The van der Waals surface area contributed by atoms with Crippen molar-refractivity contribution < 1.29 is 13.2 Å². The number of piperidine rings is 1. The summed E-state index contributed by atoms with van der Waals surface area (Å²) in [5.74, 6) is 1.57. The lowest BCUT2D eigenvalue weighted by Gasteiger charge is -2.32. The van der Waals surface area contributed by atoms with E-state index in [0.717, 1.165) is 12.3 Å². The maximum atomic E-state index is 12.7. The van der Waals surface area contributed by atoms with E-state index in [2.05, 4.69) is 5.32 Å². The molecule has 3 unspecified atom stereocenters. The topological polar surface area (TPSA) is 66.5 Å². The quantitative estimate of drug-likeness (QED) is 0.894. The predicted molar refractivity (Wildman–Crippen MR) is 95.3 cm³/mol. The highest BCUT2D eigenvalue weighted by Crippen LogP contribution is 2.44. The van der Waals surface area contributed by atoms with Crippen LogP contribution in [0.3, 0.4) is 0 Å². The van der Waals surface area contributed by atoms with E-state index in [1.165, 1.54) is 23.6 Å². The van der Waals surface area contributed by atoms with Gasteiger partial charge in [0.15, 0.2) is 0 Å². The third kappa shape index (κ3) is 3.34. The molecule has 1 aromatic carbocycles. The van der Waals surface area contributed by atoms with Crippen molar-refractivity contribution in [3.05, 3.63) is 30.3 Å². The van der Waals surface area contributed by atoms with E-state index in [1.807, 2.05) is 6.07 Å². The van der Waals surface area contributed by atoms with Crippen molar-refractivity contribution in [1.82, 2.24) is 9.62 Å². The summed E-state index contributed by atoms with van der Waals surface area (Å²) >= 11 is 0. The summed E-state index contributed by atoms with van der Waals surface area (Å²) in [7, 11) is -3.44. The molecule has 2 bridgehead atoms. The second-order valence-electron chi connectivity index (χ2n) is 7.78. The number of amides is 1. The Balaban J connectivity index is 1.33. The van der Waals surface area contributed by atoms with Gasteiger partial charge in [-0.3, -0.25) is 4.79 Å². The van der Waals surface area contributed by atoms with Gasteiger partial charge in [0.2, 0.25) is 15.9 Å². The molecule has 6 heteroatoms. The SMILES string of the molecule is O=C(NC1CC2CCC1C2)C1CCN(S(=O)(=O)c2ccccc2)CC1. The van der Waals surface area contributed by atoms with Gasteiger partial charge in [-0.05, 0) is 56.1 Å². The van der Waals surface area contributed by atoms with Crippen LogP contribution in [-0.4, -0.2) is 37.8 Å². The van der Waals surface area contributed by atoms with Gasteiger partial charge in [0.25, 0.3) is 0 Å². The van der Waals surface area contributed by atoms with Gasteiger partial charge in [-0.15, -0.1) is 0 Å². The molecule has 1 saturated heterocycles. The highest BCUT2D eigenvalue weighted by molar-refractivity contribution is 7.89. The third-order valence-corrected chi connectivity index (χ3v) is 8.18. The number of sulfonamides is 1. The van der Waals surface area contributed by atoms with Gasteiger partial charge < -0.3 is 5.32 Å². The Kier molecular flexibility index (Phi) is 4.58. The van der Waals surface area contributed by atoms with Crippen LogP contribution in [0.5, 0.6) is 0 Å². The monoisotopic (exact) mass is 362 g/mol. The van der Waals surface area contributed by atoms with Gasteiger partial charge >= 0.3 is 0 Å². The zero-order chi connectivity index (χ0) is 17.4. The fourth-order valence-electron chi connectivity index (χ4n) is 4.82. The summed E-state index contributed by atoms with van der Waals surface area (Å²) in [5, 5.41) is 3.26. The average molecular weight is 362 g/mol. The lowest BCUT2D eigenvalue weighted by Crippen LogP contribution is -2.46. The molecule has 2 aliphatic carbocycles. The Morgan fingerprint density at radius 3 is 2.32 bits per heavy atom. The largest absolute Gasteiger partial charge is 0.353 e. The number of rotatable bonds is 4. The van der Waals surface area contributed by atoms with Crippen molar-refractivity contribution in [3.63, 3.8) is 0 Å². The number of hydrogen-bond acceptors (Lipinski definition) is 3. The van der Waals surface area contributed by atoms with Crippen LogP contribution in [-0.2, 0) is 14.8 Å². The molecule has 1 aromatic rings. The van der Waals surface area contributed by atoms with Crippen molar-refractivity contribution in [1.29, 1.82) is 0 Å². The highest BCUT2D eigenvalue weighted by atomic mass is 32.2. The van der Waals surface area contributed by atoms with Crippen LogP contribution in [0.25, 0.3) is 0 Å². The molecule has 4 rings (SSSR count). The number of fused-ring (bicyclic) bond motifs is 2. The molecule has 25 heavy (non-hydrogen) atoms. The van der Waals surface area contributed by atoms with Crippen LogP contribution < -0.4 is 5.32 Å². The molecular weight excluding hydrogens is 336 g/mol. The van der Waals surface area contributed by atoms with Crippen molar-refractivity contribution in [2.45, 2.75) is 49.5 Å². The average Bonchev–Trinajstić information content (AvgIpc) is 3.25. The van der Waals surface area contributed by atoms with E-state index >= 15 is 0 Å². The number of nitrogens with zero attached hydrogens (tertiary/aromatic N) is 1. The molecule has 5 nitrogen and oxygen atoms in total. The molecule has 136 valence electrons. The maximum Gasteiger partial charge on any atom is 0.243 e. The van der Waals surface area contributed by atoms with Crippen molar-refractivity contribution in [2.24, 2.45) is 17.8 Å². The van der Waals surface area contributed by atoms with Gasteiger partial charge in [0.05, 0.1) is 4.90 Å². The Morgan fingerprint density at radius 2 is 1.72 bits per heavy atom. The van der Waals surface area contributed by atoms with Gasteiger partial charge in [0.1, 0.15) is 0 Å². The van der Waals surface area contributed by atoms with Crippen LogP contribution in [0.1, 0.15) is 38.5 Å². The Labute approximate surface area is 149 Å². The zero-order valence-corrected chi connectivity index (χ0v) is 15.2. The normalized spacial score (nSPS) is 30.5. The molecule has 3 aliphatic rings. The second-order valence-corrected chi connectivity index (χ2v) is 9.72. The molecule has 1 heterocycles. The molecule has 1 N–H and O–H groups in total. The summed E-state index contributed by atoms with van der Waals surface area (Å²) in [4.78, 5) is 12.9. The van der Waals surface area contributed by atoms with E-state index in [4.69, 9.17) is 0 Å².